The number of carbonyl (C=O) groups is 2. The lowest BCUT2D eigenvalue weighted by molar-refractivity contribution is -0.116. The highest BCUT2D eigenvalue weighted by Gasteiger charge is 2.18. The van der Waals surface area contributed by atoms with E-state index in [0.717, 1.165) is 22.4 Å². The Morgan fingerprint density at radius 1 is 1.18 bits per heavy atom. The maximum Gasteiger partial charge on any atom is 0.338 e. The maximum absolute atomic E-state index is 13.3. The van der Waals surface area contributed by atoms with Crippen LogP contribution < -0.4 is 10.9 Å². The minimum absolute atomic E-state index is 0.221. The van der Waals surface area contributed by atoms with Gasteiger partial charge in [-0.25, -0.2) is 9.78 Å². The molecule has 0 spiro atoms. The van der Waals surface area contributed by atoms with Gasteiger partial charge >= 0.3 is 5.97 Å². The van der Waals surface area contributed by atoms with Crippen LogP contribution in [0.5, 0.6) is 0 Å². The van der Waals surface area contributed by atoms with Crippen LogP contribution in [-0.4, -0.2) is 28.0 Å². The van der Waals surface area contributed by atoms with Crippen LogP contribution in [0.1, 0.15) is 28.6 Å². The smallest absolute Gasteiger partial charge is 0.338 e. The predicted molar refractivity (Wildman–Crippen MR) is 135 cm³/mol. The highest BCUT2D eigenvalue weighted by Crippen LogP contribution is 2.35. The number of fused-ring (bicyclic) bond motifs is 1. The number of halogens is 1. The van der Waals surface area contributed by atoms with Crippen molar-refractivity contribution < 1.29 is 14.3 Å². The molecule has 0 aliphatic rings. The van der Waals surface area contributed by atoms with E-state index in [1.165, 1.54) is 22.2 Å². The van der Waals surface area contributed by atoms with E-state index in [1.807, 2.05) is 26.0 Å². The molecule has 2 aromatic heterocycles. The number of hydrogen-bond acceptors (Lipinski definition) is 6. The van der Waals surface area contributed by atoms with Gasteiger partial charge in [-0.05, 0) is 49.2 Å². The highest BCUT2D eigenvalue weighted by molar-refractivity contribution is 7.19. The Bertz CT molecular complexity index is 1430. The molecule has 2 aromatic carbocycles. The molecule has 0 atom stereocenters. The lowest BCUT2D eigenvalue weighted by Crippen LogP contribution is -2.27. The minimum atomic E-state index is -0.452. The number of anilines is 1. The van der Waals surface area contributed by atoms with E-state index < -0.39 is 11.9 Å². The van der Waals surface area contributed by atoms with Gasteiger partial charge in [0, 0.05) is 21.2 Å². The van der Waals surface area contributed by atoms with Crippen LogP contribution in [-0.2, 0) is 16.1 Å². The van der Waals surface area contributed by atoms with E-state index >= 15 is 0 Å². The molecule has 4 rings (SSSR count). The van der Waals surface area contributed by atoms with E-state index in [2.05, 4.69) is 10.3 Å². The predicted octanol–water partition coefficient (Wildman–Crippen LogP) is 5.29. The van der Waals surface area contributed by atoms with Gasteiger partial charge in [0.05, 0.1) is 23.9 Å². The maximum atomic E-state index is 13.3. The van der Waals surface area contributed by atoms with Gasteiger partial charge in [-0.2, -0.15) is 0 Å². The van der Waals surface area contributed by atoms with Crippen molar-refractivity contribution >= 4 is 50.7 Å². The zero-order valence-corrected chi connectivity index (χ0v) is 20.2. The van der Waals surface area contributed by atoms with Crippen LogP contribution in [0.3, 0.4) is 0 Å². The summed E-state index contributed by atoms with van der Waals surface area (Å²) < 4.78 is 6.41. The van der Waals surface area contributed by atoms with Crippen molar-refractivity contribution in [2.75, 3.05) is 11.9 Å². The van der Waals surface area contributed by atoms with E-state index in [0.29, 0.717) is 33.1 Å². The molecule has 0 radical (unpaired) electrons. The number of nitrogens with zero attached hydrogens (tertiary/aromatic N) is 2. The number of thiophene rings is 1. The molecule has 0 unspecified atom stereocenters. The van der Waals surface area contributed by atoms with E-state index in [4.69, 9.17) is 16.3 Å². The fourth-order valence-corrected chi connectivity index (χ4v) is 4.70. The Morgan fingerprint density at radius 2 is 1.94 bits per heavy atom. The van der Waals surface area contributed by atoms with Crippen LogP contribution in [0.4, 0.5) is 5.69 Å². The first kappa shape index (κ1) is 23.7. The second-order valence-electron chi connectivity index (χ2n) is 7.66. The standard InChI is InChI=1S/C25H22ClN3O4S/c1-3-11-33-25(32)17-5-4-6-19(12-17)28-20(30)13-29-14-27-23-22(24(29)31)21(15(2)34-23)16-7-9-18(26)10-8-16/h4-10,12,14H,3,11,13H2,1-2H3,(H,28,30). The fourth-order valence-electron chi connectivity index (χ4n) is 3.57. The average molecular weight is 496 g/mol. The summed E-state index contributed by atoms with van der Waals surface area (Å²) in [6, 6.07) is 13.7. The molecule has 0 saturated carbocycles. The van der Waals surface area contributed by atoms with Gasteiger partial charge in [0.2, 0.25) is 5.91 Å². The Hall–Kier alpha value is -3.49. The summed E-state index contributed by atoms with van der Waals surface area (Å²) in [5, 5.41) is 3.81. The number of ether oxygens (including phenoxy) is 1. The van der Waals surface area contributed by atoms with Crippen LogP contribution in [0.15, 0.2) is 59.7 Å². The number of carbonyl (C=O) groups excluding carboxylic acids is 2. The quantitative estimate of drug-likeness (QED) is 0.352. The molecular formula is C25H22ClN3O4S. The monoisotopic (exact) mass is 495 g/mol. The summed E-state index contributed by atoms with van der Waals surface area (Å²) in [5.74, 6) is -0.867. The number of aromatic nitrogens is 2. The molecule has 0 aliphatic heterocycles. The number of amides is 1. The molecule has 4 aromatic rings. The van der Waals surface area contributed by atoms with Gasteiger partial charge in [0.15, 0.2) is 0 Å². The number of nitrogens with one attached hydrogen (secondary N) is 1. The van der Waals surface area contributed by atoms with Crippen LogP contribution in [0, 0.1) is 6.92 Å². The molecule has 0 fully saturated rings. The first-order valence-corrected chi connectivity index (χ1v) is 11.9. The minimum Gasteiger partial charge on any atom is -0.462 e. The second kappa shape index (κ2) is 10.2. The van der Waals surface area contributed by atoms with Gasteiger partial charge < -0.3 is 10.1 Å². The molecule has 7 nitrogen and oxygen atoms in total. The van der Waals surface area contributed by atoms with E-state index in [1.54, 1.807) is 36.4 Å². The molecule has 0 bridgehead atoms. The Morgan fingerprint density at radius 3 is 2.68 bits per heavy atom. The molecule has 1 N–H and O–H groups in total. The third kappa shape index (κ3) is 5.03. The Labute approximate surface area is 205 Å². The van der Waals surface area contributed by atoms with Gasteiger partial charge in [0.25, 0.3) is 5.56 Å². The van der Waals surface area contributed by atoms with Crippen molar-refractivity contribution in [3.8, 4) is 11.1 Å². The normalized spacial score (nSPS) is 10.9. The zero-order valence-electron chi connectivity index (χ0n) is 18.6. The Kier molecular flexibility index (Phi) is 7.09. The van der Waals surface area contributed by atoms with Crippen molar-refractivity contribution in [3.05, 3.63) is 80.7 Å². The number of esters is 1. The SMILES string of the molecule is CCCOC(=O)c1cccc(NC(=O)Cn2cnc3sc(C)c(-c4ccc(Cl)cc4)c3c2=O)c1. The molecular weight excluding hydrogens is 474 g/mol. The van der Waals surface area contributed by atoms with Gasteiger partial charge in [0.1, 0.15) is 11.4 Å². The average Bonchev–Trinajstić information content (AvgIpc) is 3.16. The zero-order chi connectivity index (χ0) is 24.2. The van der Waals surface area contributed by atoms with Gasteiger partial charge in [-0.15, -0.1) is 11.3 Å². The van der Waals surface area contributed by atoms with Crippen molar-refractivity contribution in [1.82, 2.24) is 9.55 Å². The number of hydrogen-bond donors (Lipinski definition) is 1. The number of rotatable bonds is 7. The summed E-state index contributed by atoms with van der Waals surface area (Å²) in [7, 11) is 0. The summed E-state index contributed by atoms with van der Waals surface area (Å²) in [4.78, 5) is 44.0. The van der Waals surface area contributed by atoms with Crippen molar-refractivity contribution in [3.63, 3.8) is 0 Å². The van der Waals surface area contributed by atoms with Crippen molar-refractivity contribution in [1.29, 1.82) is 0 Å². The first-order chi connectivity index (χ1) is 16.4. The molecule has 0 aliphatic carbocycles. The van der Waals surface area contributed by atoms with Crippen LogP contribution >= 0.6 is 22.9 Å². The van der Waals surface area contributed by atoms with Crippen LogP contribution in [0.2, 0.25) is 5.02 Å². The van der Waals surface area contributed by atoms with E-state index in [-0.39, 0.29) is 12.1 Å². The first-order valence-electron chi connectivity index (χ1n) is 10.7. The molecule has 174 valence electrons. The van der Waals surface area contributed by atoms with Crippen LogP contribution in [0.25, 0.3) is 21.3 Å². The molecule has 1 amide bonds. The summed E-state index contributed by atoms with van der Waals surface area (Å²) in [6.07, 6.45) is 2.10. The van der Waals surface area contributed by atoms with Crippen molar-refractivity contribution in [2.45, 2.75) is 26.8 Å². The topological polar surface area (TPSA) is 90.3 Å². The lowest BCUT2D eigenvalue weighted by Gasteiger charge is -2.09. The van der Waals surface area contributed by atoms with Crippen molar-refractivity contribution in [2.24, 2.45) is 0 Å². The number of aryl methyl sites for hydroxylation is 1. The summed E-state index contributed by atoms with van der Waals surface area (Å²) in [5.41, 5.74) is 2.13. The van der Waals surface area contributed by atoms with E-state index in [9.17, 15) is 14.4 Å². The molecule has 9 heteroatoms. The van der Waals surface area contributed by atoms with Gasteiger partial charge in [-0.1, -0.05) is 36.7 Å². The highest BCUT2D eigenvalue weighted by atomic mass is 35.5. The summed E-state index contributed by atoms with van der Waals surface area (Å²) >= 11 is 7.45. The third-order valence-corrected chi connectivity index (χ3v) is 6.39. The molecule has 0 saturated heterocycles. The molecule has 2 heterocycles. The number of benzene rings is 2. The van der Waals surface area contributed by atoms with Gasteiger partial charge in [-0.3, -0.25) is 14.2 Å². The fraction of sp³-hybridized carbons (Fsp3) is 0.200. The lowest BCUT2D eigenvalue weighted by atomic mass is 10.0. The third-order valence-electron chi connectivity index (χ3n) is 5.12. The Balaban J connectivity index is 1.58. The second-order valence-corrected chi connectivity index (χ2v) is 9.30. The largest absolute Gasteiger partial charge is 0.462 e. The molecule has 34 heavy (non-hydrogen) atoms. The summed E-state index contributed by atoms with van der Waals surface area (Å²) in [6.45, 7) is 3.95.